The monoisotopic (exact) mass is 305 g/mol. The van der Waals surface area contributed by atoms with Crippen LogP contribution >= 0.6 is 0 Å². The molecule has 0 N–H and O–H groups in total. The Morgan fingerprint density at radius 1 is 1.36 bits per heavy atom. The Balaban J connectivity index is 2.25. The minimum atomic E-state index is -0.518. The molecule has 0 saturated heterocycles. The van der Waals surface area contributed by atoms with Gasteiger partial charge in [-0.15, -0.1) is 0 Å². The fraction of sp³-hybridized carbons (Fsp3) is 0.588. The lowest BCUT2D eigenvalue weighted by atomic mass is 9.90. The van der Waals surface area contributed by atoms with E-state index >= 15 is 0 Å². The highest BCUT2D eigenvalue weighted by molar-refractivity contribution is 5.92. The van der Waals surface area contributed by atoms with Gasteiger partial charge in [-0.3, -0.25) is 9.78 Å². The average Bonchev–Trinajstić information content (AvgIpc) is 2.36. The van der Waals surface area contributed by atoms with Gasteiger partial charge in [0.1, 0.15) is 11.7 Å². The number of pyridine rings is 1. The first kappa shape index (κ1) is 16.5. The lowest BCUT2D eigenvalue weighted by Gasteiger charge is -2.29. The van der Waals surface area contributed by atoms with Crippen LogP contribution in [0.2, 0.25) is 0 Å². The van der Waals surface area contributed by atoms with Crippen LogP contribution in [0.15, 0.2) is 12.1 Å². The van der Waals surface area contributed by atoms with Gasteiger partial charge in [0.25, 0.3) is 0 Å². The number of hydrogen-bond donors (Lipinski definition) is 0. The van der Waals surface area contributed by atoms with Crippen LogP contribution in [0, 0.1) is 0 Å². The predicted octanol–water partition coefficient (Wildman–Crippen LogP) is 3.02. The van der Waals surface area contributed by atoms with Crippen molar-refractivity contribution in [2.75, 3.05) is 0 Å². The first-order valence-electron chi connectivity index (χ1n) is 7.64. The molecule has 5 nitrogen and oxygen atoms in total. The maximum Gasteiger partial charge on any atom is 0.340 e. The number of esters is 2. The van der Waals surface area contributed by atoms with Gasteiger partial charge in [0, 0.05) is 5.92 Å². The molecule has 0 saturated carbocycles. The number of fused-ring (bicyclic) bond motifs is 1. The summed E-state index contributed by atoms with van der Waals surface area (Å²) in [6, 6.07) is 3.38. The van der Waals surface area contributed by atoms with Crippen molar-refractivity contribution in [1.82, 2.24) is 4.98 Å². The van der Waals surface area contributed by atoms with Crippen LogP contribution in [0.25, 0.3) is 0 Å². The maximum absolute atomic E-state index is 11.9. The molecule has 22 heavy (non-hydrogen) atoms. The third kappa shape index (κ3) is 3.64. The quantitative estimate of drug-likeness (QED) is 0.803. The molecule has 1 aliphatic rings. The van der Waals surface area contributed by atoms with Crippen molar-refractivity contribution in [3.63, 3.8) is 0 Å². The molecule has 0 fully saturated rings. The number of carbonyl (C=O) groups is 2. The molecule has 1 aromatic heterocycles. The second kappa shape index (κ2) is 6.07. The molecule has 0 radical (unpaired) electrons. The second-order valence-corrected chi connectivity index (χ2v) is 6.62. The average molecular weight is 305 g/mol. The number of aromatic nitrogens is 1. The number of carbonyl (C=O) groups excluding carboxylic acids is 2. The summed E-state index contributed by atoms with van der Waals surface area (Å²) in [6.45, 7) is 9.39. The second-order valence-electron chi connectivity index (χ2n) is 6.62. The Bertz CT molecular complexity index is 589. The van der Waals surface area contributed by atoms with Crippen molar-refractivity contribution in [1.29, 1.82) is 0 Å². The zero-order valence-corrected chi connectivity index (χ0v) is 13.8. The molecule has 1 aromatic rings. The molecule has 2 atom stereocenters. The summed E-state index contributed by atoms with van der Waals surface area (Å²) in [4.78, 5) is 28.4. The van der Waals surface area contributed by atoms with E-state index in [1.165, 1.54) is 0 Å². The van der Waals surface area contributed by atoms with Gasteiger partial charge in [0.2, 0.25) is 0 Å². The van der Waals surface area contributed by atoms with E-state index in [9.17, 15) is 9.59 Å². The number of nitrogens with zero attached hydrogens (tertiary/aromatic N) is 1. The number of rotatable bonds is 3. The predicted molar refractivity (Wildman–Crippen MR) is 81.7 cm³/mol. The highest BCUT2D eigenvalue weighted by atomic mass is 16.6. The van der Waals surface area contributed by atoms with E-state index in [0.29, 0.717) is 11.3 Å². The minimum Gasteiger partial charge on any atom is -0.460 e. The SMILES string of the molecule is CC[C@H]1c2nc(CC(=O)OC(C)(C)C)ccc2C(=O)O[C@H]1C. The molecule has 0 bridgehead atoms. The Morgan fingerprint density at radius 2 is 2.05 bits per heavy atom. The topological polar surface area (TPSA) is 65.5 Å². The molecule has 2 heterocycles. The Labute approximate surface area is 131 Å². The van der Waals surface area contributed by atoms with E-state index in [1.807, 2.05) is 34.6 Å². The van der Waals surface area contributed by atoms with E-state index in [1.54, 1.807) is 12.1 Å². The number of ether oxygens (including phenoxy) is 2. The third-order valence-electron chi connectivity index (χ3n) is 3.60. The van der Waals surface area contributed by atoms with Gasteiger partial charge in [0.05, 0.1) is 23.4 Å². The van der Waals surface area contributed by atoms with Gasteiger partial charge >= 0.3 is 11.9 Å². The third-order valence-corrected chi connectivity index (χ3v) is 3.60. The Morgan fingerprint density at radius 3 is 2.64 bits per heavy atom. The smallest absolute Gasteiger partial charge is 0.340 e. The lowest BCUT2D eigenvalue weighted by Crippen LogP contribution is -2.31. The van der Waals surface area contributed by atoms with E-state index in [-0.39, 0.29) is 30.4 Å². The van der Waals surface area contributed by atoms with Crippen molar-refractivity contribution in [3.8, 4) is 0 Å². The summed E-state index contributed by atoms with van der Waals surface area (Å²) >= 11 is 0. The van der Waals surface area contributed by atoms with Crippen LogP contribution in [-0.2, 0) is 20.7 Å². The van der Waals surface area contributed by atoms with Gasteiger partial charge in [-0.1, -0.05) is 6.92 Å². The van der Waals surface area contributed by atoms with Crippen LogP contribution in [0.4, 0.5) is 0 Å². The fourth-order valence-corrected chi connectivity index (χ4v) is 2.66. The molecule has 5 heteroatoms. The van der Waals surface area contributed by atoms with Gasteiger partial charge < -0.3 is 9.47 Å². The molecule has 1 aliphatic heterocycles. The maximum atomic E-state index is 11.9. The number of hydrogen-bond acceptors (Lipinski definition) is 5. The molecule has 0 aromatic carbocycles. The van der Waals surface area contributed by atoms with Crippen LogP contribution in [-0.4, -0.2) is 28.6 Å². The van der Waals surface area contributed by atoms with E-state index in [2.05, 4.69) is 4.98 Å². The summed E-state index contributed by atoms with van der Waals surface area (Å²) in [6.07, 6.45) is 0.726. The molecule has 2 rings (SSSR count). The lowest BCUT2D eigenvalue weighted by molar-refractivity contribution is -0.154. The zero-order valence-electron chi connectivity index (χ0n) is 13.8. The first-order valence-corrected chi connectivity index (χ1v) is 7.64. The van der Waals surface area contributed by atoms with Crippen molar-refractivity contribution in [3.05, 3.63) is 29.1 Å². The summed E-state index contributed by atoms with van der Waals surface area (Å²) in [5.41, 5.74) is 1.33. The fourth-order valence-electron chi connectivity index (χ4n) is 2.66. The summed E-state index contributed by atoms with van der Waals surface area (Å²) in [5.74, 6) is -0.603. The van der Waals surface area contributed by atoms with Crippen LogP contribution in [0.5, 0.6) is 0 Å². The highest BCUT2D eigenvalue weighted by Gasteiger charge is 2.33. The van der Waals surface area contributed by atoms with Gasteiger partial charge in [0.15, 0.2) is 0 Å². The highest BCUT2D eigenvalue weighted by Crippen LogP contribution is 2.32. The van der Waals surface area contributed by atoms with Crippen LogP contribution in [0.1, 0.15) is 68.7 Å². The van der Waals surface area contributed by atoms with E-state index in [4.69, 9.17) is 9.47 Å². The summed E-state index contributed by atoms with van der Waals surface area (Å²) in [7, 11) is 0. The number of cyclic esters (lactones) is 1. The molecular formula is C17H23NO4. The molecule has 0 amide bonds. The standard InChI is InChI=1S/C17H23NO4/c1-6-12-10(2)21-16(20)13-8-7-11(18-15(12)13)9-14(19)22-17(3,4)5/h7-8,10,12H,6,9H2,1-5H3/t10-,12+/m0/s1. The van der Waals surface area contributed by atoms with Gasteiger partial charge in [-0.05, 0) is 46.2 Å². The van der Waals surface area contributed by atoms with E-state index in [0.717, 1.165) is 12.1 Å². The summed E-state index contributed by atoms with van der Waals surface area (Å²) < 4.78 is 10.6. The first-order chi connectivity index (χ1) is 10.2. The van der Waals surface area contributed by atoms with E-state index < -0.39 is 5.60 Å². The Hall–Kier alpha value is -1.91. The minimum absolute atomic E-state index is 0.0614. The molecule has 0 spiro atoms. The zero-order chi connectivity index (χ0) is 16.5. The van der Waals surface area contributed by atoms with Gasteiger partial charge in [-0.2, -0.15) is 0 Å². The normalized spacial score (nSPS) is 21.0. The van der Waals surface area contributed by atoms with Crippen molar-refractivity contribution in [2.24, 2.45) is 0 Å². The van der Waals surface area contributed by atoms with Crippen molar-refractivity contribution in [2.45, 2.75) is 65.1 Å². The summed E-state index contributed by atoms with van der Waals surface area (Å²) in [5, 5.41) is 0. The van der Waals surface area contributed by atoms with Crippen molar-refractivity contribution >= 4 is 11.9 Å². The Kier molecular flexibility index (Phi) is 4.54. The molecule has 0 aliphatic carbocycles. The van der Waals surface area contributed by atoms with Crippen LogP contribution < -0.4 is 0 Å². The largest absolute Gasteiger partial charge is 0.460 e. The molecule has 120 valence electrons. The molecular weight excluding hydrogens is 282 g/mol. The molecule has 0 unspecified atom stereocenters. The van der Waals surface area contributed by atoms with Crippen LogP contribution in [0.3, 0.4) is 0 Å². The van der Waals surface area contributed by atoms with Gasteiger partial charge in [-0.25, -0.2) is 4.79 Å². The van der Waals surface area contributed by atoms with Crippen molar-refractivity contribution < 1.29 is 19.1 Å².